The molecule has 0 aliphatic carbocycles. The van der Waals surface area contributed by atoms with E-state index in [9.17, 15) is 4.79 Å². The van der Waals surface area contributed by atoms with Crippen molar-refractivity contribution in [1.29, 1.82) is 0 Å². The number of nitrogens with zero attached hydrogens (tertiary/aromatic N) is 2. The maximum atomic E-state index is 11.8. The smallest absolute Gasteiger partial charge is 0.265 e. The van der Waals surface area contributed by atoms with Crippen LogP contribution in [0, 0.1) is 6.92 Å². The predicted molar refractivity (Wildman–Crippen MR) is 56.3 cm³/mol. The highest BCUT2D eigenvalue weighted by Gasteiger charge is 2.04. The van der Waals surface area contributed by atoms with Gasteiger partial charge in [0.15, 0.2) is 0 Å². The van der Waals surface area contributed by atoms with Gasteiger partial charge in [0.2, 0.25) is 0 Å². The first-order valence-electron chi connectivity index (χ1n) is 4.34. The van der Waals surface area contributed by atoms with E-state index in [1.807, 2.05) is 13.0 Å². The van der Waals surface area contributed by atoms with Gasteiger partial charge in [-0.3, -0.25) is 9.20 Å². The van der Waals surface area contributed by atoms with Gasteiger partial charge in [0.25, 0.3) is 5.56 Å². The van der Waals surface area contributed by atoms with E-state index in [1.54, 1.807) is 24.4 Å². The first kappa shape index (κ1) is 8.69. The summed E-state index contributed by atoms with van der Waals surface area (Å²) in [5, 5.41) is 0. The number of aromatic nitrogens is 2. The lowest BCUT2D eigenvalue weighted by Crippen LogP contribution is -2.18. The van der Waals surface area contributed by atoms with Crippen LogP contribution >= 0.6 is 0 Å². The van der Waals surface area contributed by atoms with E-state index < -0.39 is 0 Å². The lowest BCUT2D eigenvalue weighted by Gasteiger charge is -2.03. The monoisotopic (exact) mass is 186 g/mol. The molecule has 0 atom stereocenters. The second-order valence-corrected chi connectivity index (χ2v) is 3.05. The third-order valence-electron chi connectivity index (χ3n) is 2.16. The SMILES string of the molecule is C=Cc1c(C)nc2ccccn2c1=O. The summed E-state index contributed by atoms with van der Waals surface area (Å²) in [6, 6.07) is 5.47. The van der Waals surface area contributed by atoms with Crippen molar-refractivity contribution < 1.29 is 0 Å². The molecule has 0 spiro atoms. The standard InChI is InChI=1S/C11H10N2O/c1-3-9-8(2)12-10-6-4-5-7-13(10)11(9)14/h3-7H,1H2,2H3. The lowest BCUT2D eigenvalue weighted by molar-refractivity contribution is 1.01. The molecule has 0 N–H and O–H groups in total. The fourth-order valence-electron chi connectivity index (χ4n) is 1.45. The van der Waals surface area contributed by atoms with E-state index in [2.05, 4.69) is 11.6 Å². The quantitative estimate of drug-likeness (QED) is 0.678. The van der Waals surface area contributed by atoms with Crippen LogP contribution in [0.2, 0.25) is 0 Å². The van der Waals surface area contributed by atoms with Gasteiger partial charge in [-0.1, -0.05) is 18.7 Å². The number of pyridine rings is 1. The van der Waals surface area contributed by atoms with E-state index in [1.165, 1.54) is 4.40 Å². The van der Waals surface area contributed by atoms with Gasteiger partial charge in [-0.2, -0.15) is 0 Å². The zero-order chi connectivity index (χ0) is 10.1. The minimum Gasteiger partial charge on any atom is -0.268 e. The molecular formula is C11H10N2O. The largest absolute Gasteiger partial charge is 0.268 e. The highest BCUT2D eigenvalue weighted by Crippen LogP contribution is 2.03. The van der Waals surface area contributed by atoms with Crippen LogP contribution < -0.4 is 5.56 Å². The molecule has 0 amide bonds. The summed E-state index contributed by atoms with van der Waals surface area (Å²) in [4.78, 5) is 16.1. The van der Waals surface area contributed by atoms with Crippen LogP contribution in [0.4, 0.5) is 0 Å². The molecule has 0 aliphatic rings. The third-order valence-corrected chi connectivity index (χ3v) is 2.16. The fourth-order valence-corrected chi connectivity index (χ4v) is 1.45. The second kappa shape index (κ2) is 3.10. The summed E-state index contributed by atoms with van der Waals surface area (Å²) in [7, 11) is 0. The van der Waals surface area contributed by atoms with Crippen LogP contribution in [0.1, 0.15) is 11.3 Å². The van der Waals surface area contributed by atoms with Gasteiger partial charge in [-0.25, -0.2) is 4.98 Å². The third kappa shape index (κ3) is 1.14. The molecule has 0 bridgehead atoms. The van der Waals surface area contributed by atoms with E-state index in [0.29, 0.717) is 11.2 Å². The molecule has 3 heteroatoms. The summed E-state index contributed by atoms with van der Waals surface area (Å²) in [5.74, 6) is 0. The molecule has 0 aliphatic heterocycles. The molecule has 0 radical (unpaired) electrons. The average Bonchev–Trinajstić information content (AvgIpc) is 2.18. The highest BCUT2D eigenvalue weighted by atomic mass is 16.1. The molecule has 0 saturated heterocycles. The van der Waals surface area contributed by atoms with Gasteiger partial charge in [0.1, 0.15) is 5.65 Å². The van der Waals surface area contributed by atoms with E-state index in [0.717, 1.165) is 5.69 Å². The van der Waals surface area contributed by atoms with Gasteiger partial charge < -0.3 is 0 Å². The number of rotatable bonds is 1. The molecule has 0 fully saturated rings. The first-order chi connectivity index (χ1) is 6.74. The molecule has 0 saturated carbocycles. The van der Waals surface area contributed by atoms with E-state index >= 15 is 0 Å². The topological polar surface area (TPSA) is 34.4 Å². The van der Waals surface area contributed by atoms with Gasteiger partial charge in [0, 0.05) is 6.20 Å². The Morgan fingerprint density at radius 3 is 3.00 bits per heavy atom. The second-order valence-electron chi connectivity index (χ2n) is 3.05. The van der Waals surface area contributed by atoms with Crippen molar-refractivity contribution in [2.75, 3.05) is 0 Å². The average molecular weight is 186 g/mol. The number of hydrogen-bond donors (Lipinski definition) is 0. The van der Waals surface area contributed by atoms with Gasteiger partial charge in [-0.15, -0.1) is 0 Å². The van der Waals surface area contributed by atoms with Gasteiger partial charge in [-0.05, 0) is 19.1 Å². The number of aryl methyl sites for hydroxylation is 1. The molecule has 2 aromatic heterocycles. The minimum atomic E-state index is -0.0666. The van der Waals surface area contributed by atoms with Crippen LogP contribution in [-0.4, -0.2) is 9.38 Å². The van der Waals surface area contributed by atoms with Crippen molar-refractivity contribution in [3.8, 4) is 0 Å². The van der Waals surface area contributed by atoms with Crippen molar-refractivity contribution >= 4 is 11.7 Å². The fraction of sp³-hybridized carbons (Fsp3) is 0.0909. The highest BCUT2D eigenvalue weighted by molar-refractivity contribution is 5.52. The lowest BCUT2D eigenvalue weighted by atomic mass is 10.2. The zero-order valence-corrected chi connectivity index (χ0v) is 7.90. The Kier molecular flexibility index (Phi) is 1.93. The minimum absolute atomic E-state index is 0.0666. The summed E-state index contributed by atoms with van der Waals surface area (Å²) >= 11 is 0. The van der Waals surface area contributed by atoms with Crippen molar-refractivity contribution in [2.24, 2.45) is 0 Å². The normalized spacial score (nSPS) is 10.4. The van der Waals surface area contributed by atoms with Gasteiger partial charge in [0.05, 0.1) is 11.3 Å². The summed E-state index contributed by atoms with van der Waals surface area (Å²) in [5.41, 5.74) is 1.88. The molecule has 14 heavy (non-hydrogen) atoms. The van der Waals surface area contributed by atoms with Crippen molar-refractivity contribution in [3.05, 3.63) is 52.6 Å². The predicted octanol–water partition coefficient (Wildman–Crippen LogP) is 1.65. The molecule has 2 heterocycles. The van der Waals surface area contributed by atoms with Crippen LogP contribution in [-0.2, 0) is 0 Å². The van der Waals surface area contributed by atoms with Crippen molar-refractivity contribution in [1.82, 2.24) is 9.38 Å². The molecule has 70 valence electrons. The maximum Gasteiger partial charge on any atom is 0.265 e. The van der Waals surface area contributed by atoms with Gasteiger partial charge >= 0.3 is 0 Å². The summed E-state index contributed by atoms with van der Waals surface area (Å²) in [6.07, 6.45) is 3.25. The number of fused-ring (bicyclic) bond motifs is 1. The molecule has 0 unspecified atom stereocenters. The Labute approximate surface area is 81.3 Å². The molecule has 3 nitrogen and oxygen atoms in total. The van der Waals surface area contributed by atoms with Crippen LogP contribution in [0.15, 0.2) is 35.8 Å². The Balaban J connectivity index is 3.00. The molecular weight excluding hydrogens is 176 g/mol. The molecule has 2 aromatic rings. The summed E-state index contributed by atoms with van der Waals surface area (Å²) < 4.78 is 1.52. The number of hydrogen-bond acceptors (Lipinski definition) is 2. The Bertz CT molecular complexity index is 555. The Morgan fingerprint density at radius 1 is 1.50 bits per heavy atom. The Hall–Kier alpha value is -1.90. The van der Waals surface area contributed by atoms with Crippen LogP contribution in [0.25, 0.3) is 11.7 Å². The first-order valence-corrected chi connectivity index (χ1v) is 4.34. The zero-order valence-electron chi connectivity index (χ0n) is 7.90. The molecule has 2 rings (SSSR count). The Morgan fingerprint density at radius 2 is 2.29 bits per heavy atom. The molecule has 0 aromatic carbocycles. The van der Waals surface area contributed by atoms with Crippen molar-refractivity contribution in [2.45, 2.75) is 6.92 Å². The maximum absolute atomic E-state index is 11.8. The van der Waals surface area contributed by atoms with Crippen LogP contribution in [0.3, 0.4) is 0 Å². The van der Waals surface area contributed by atoms with E-state index in [4.69, 9.17) is 0 Å². The van der Waals surface area contributed by atoms with Crippen molar-refractivity contribution in [3.63, 3.8) is 0 Å². The van der Waals surface area contributed by atoms with E-state index in [-0.39, 0.29) is 5.56 Å². The summed E-state index contributed by atoms with van der Waals surface area (Å²) in [6.45, 7) is 5.42. The van der Waals surface area contributed by atoms with Crippen LogP contribution in [0.5, 0.6) is 0 Å².